The standard InChI is InChI=1S/C22H21ClFN3O2/c1-2-3-6-11-27-21(14-7-4-5-8-16(14)24)18-19(25-26-20(18)22(27)29)15-12-13(23)9-10-17(15)28/h4-5,7-10,12,21,28H,2-3,6,11H2,1H3,(H,25,26). The van der Waals surface area contributed by atoms with E-state index in [1.165, 1.54) is 12.1 Å². The summed E-state index contributed by atoms with van der Waals surface area (Å²) >= 11 is 6.12. The number of carbonyl (C=O) groups excluding carboxylic acids is 1. The Balaban J connectivity index is 1.88. The molecule has 29 heavy (non-hydrogen) atoms. The number of rotatable bonds is 6. The summed E-state index contributed by atoms with van der Waals surface area (Å²) in [7, 11) is 0. The molecule has 1 aliphatic heterocycles. The number of nitrogens with one attached hydrogen (secondary N) is 1. The van der Waals surface area contributed by atoms with Gasteiger partial charge in [-0.2, -0.15) is 5.10 Å². The number of H-pyrrole nitrogens is 1. The van der Waals surface area contributed by atoms with Crippen molar-refractivity contribution in [2.75, 3.05) is 6.54 Å². The van der Waals surface area contributed by atoms with Crippen LogP contribution in [-0.4, -0.2) is 32.7 Å². The van der Waals surface area contributed by atoms with Gasteiger partial charge in [-0.1, -0.05) is 49.6 Å². The maximum atomic E-state index is 14.8. The van der Waals surface area contributed by atoms with E-state index < -0.39 is 6.04 Å². The lowest BCUT2D eigenvalue weighted by atomic mass is 9.95. The Morgan fingerprint density at radius 3 is 2.79 bits per heavy atom. The quantitative estimate of drug-likeness (QED) is 0.538. The van der Waals surface area contributed by atoms with Crippen molar-refractivity contribution in [3.63, 3.8) is 0 Å². The van der Waals surface area contributed by atoms with E-state index >= 15 is 0 Å². The molecule has 0 radical (unpaired) electrons. The second-order valence-electron chi connectivity index (χ2n) is 7.15. The zero-order chi connectivity index (χ0) is 20.5. The van der Waals surface area contributed by atoms with Crippen LogP contribution >= 0.6 is 11.6 Å². The van der Waals surface area contributed by atoms with E-state index in [-0.39, 0.29) is 17.5 Å². The Labute approximate surface area is 173 Å². The van der Waals surface area contributed by atoms with Crippen LogP contribution < -0.4 is 0 Å². The van der Waals surface area contributed by atoms with Gasteiger partial charge in [0, 0.05) is 28.3 Å². The summed E-state index contributed by atoms with van der Waals surface area (Å²) in [5, 5.41) is 17.9. The van der Waals surface area contributed by atoms with Crippen molar-refractivity contribution in [1.29, 1.82) is 0 Å². The third kappa shape index (κ3) is 3.38. The Morgan fingerprint density at radius 2 is 2.03 bits per heavy atom. The zero-order valence-corrected chi connectivity index (χ0v) is 16.7. The summed E-state index contributed by atoms with van der Waals surface area (Å²) in [6, 6.07) is 10.5. The molecular weight excluding hydrogens is 393 g/mol. The molecule has 1 atom stereocenters. The lowest BCUT2D eigenvalue weighted by Gasteiger charge is -2.26. The molecule has 3 aromatic rings. The predicted octanol–water partition coefficient (Wildman–Crippen LogP) is 5.31. The first-order chi connectivity index (χ1) is 14.0. The summed E-state index contributed by atoms with van der Waals surface area (Å²) in [5.74, 6) is -0.612. The number of fused-ring (bicyclic) bond motifs is 1. The number of hydrogen-bond acceptors (Lipinski definition) is 3. The minimum Gasteiger partial charge on any atom is -0.507 e. The first-order valence-corrected chi connectivity index (χ1v) is 10.0. The number of phenols is 1. The van der Waals surface area contributed by atoms with E-state index in [0.717, 1.165) is 19.3 Å². The smallest absolute Gasteiger partial charge is 0.273 e. The number of phenolic OH excluding ortho intramolecular Hbond substituents is 1. The highest BCUT2D eigenvalue weighted by atomic mass is 35.5. The summed E-state index contributed by atoms with van der Waals surface area (Å²) in [6.45, 7) is 2.60. The van der Waals surface area contributed by atoms with Gasteiger partial charge >= 0.3 is 0 Å². The van der Waals surface area contributed by atoms with Crippen LogP contribution in [-0.2, 0) is 0 Å². The number of aromatic nitrogens is 2. The molecule has 1 aromatic heterocycles. The molecule has 1 amide bonds. The molecule has 1 unspecified atom stereocenters. The topological polar surface area (TPSA) is 69.2 Å². The van der Waals surface area contributed by atoms with Crippen molar-refractivity contribution in [3.05, 3.63) is 70.1 Å². The summed E-state index contributed by atoms with van der Waals surface area (Å²) in [6.07, 6.45) is 2.81. The van der Waals surface area contributed by atoms with Crippen LogP contribution in [0.25, 0.3) is 11.3 Å². The van der Waals surface area contributed by atoms with Crippen LogP contribution in [0.5, 0.6) is 5.75 Å². The highest BCUT2D eigenvalue weighted by Crippen LogP contribution is 2.45. The normalized spacial score (nSPS) is 15.8. The van der Waals surface area contributed by atoms with E-state index in [0.29, 0.717) is 39.6 Å². The maximum absolute atomic E-state index is 14.8. The van der Waals surface area contributed by atoms with E-state index in [1.54, 1.807) is 35.2 Å². The molecule has 150 valence electrons. The molecule has 7 heteroatoms. The van der Waals surface area contributed by atoms with Gasteiger partial charge in [0.2, 0.25) is 0 Å². The van der Waals surface area contributed by atoms with Crippen LogP contribution in [0, 0.1) is 5.82 Å². The highest BCUT2D eigenvalue weighted by molar-refractivity contribution is 6.31. The van der Waals surface area contributed by atoms with E-state index in [2.05, 4.69) is 17.1 Å². The number of aromatic hydroxyl groups is 1. The van der Waals surface area contributed by atoms with Gasteiger partial charge < -0.3 is 10.0 Å². The third-order valence-corrected chi connectivity index (χ3v) is 5.52. The van der Waals surface area contributed by atoms with Crippen LogP contribution in [0.15, 0.2) is 42.5 Å². The number of aromatic amines is 1. The van der Waals surface area contributed by atoms with Gasteiger partial charge in [0.1, 0.15) is 23.0 Å². The molecule has 0 saturated heterocycles. The van der Waals surface area contributed by atoms with E-state index in [4.69, 9.17) is 11.6 Å². The fourth-order valence-corrected chi connectivity index (χ4v) is 4.05. The number of benzene rings is 2. The number of carbonyl (C=O) groups is 1. The number of amides is 1. The van der Waals surface area contributed by atoms with Crippen molar-refractivity contribution in [3.8, 4) is 17.0 Å². The van der Waals surface area contributed by atoms with Gasteiger partial charge in [-0.15, -0.1) is 0 Å². The largest absolute Gasteiger partial charge is 0.507 e. The van der Waals surface area contributed by atoms with Crippen LogP contribution in [0.1, 0.15) is 53.8 Å². The van der Waals surface area contributed by atoms with Crippen LogP contribution in [0.2, 0.25) is 5.02 Å². The molecule has 2 aromatic carbocycles. The summed E-state index contributed by atoms with van der Waals surface area (Å²) < 4.78 is 14.8. The Morgan fingerprint density at radius 1 is 1.24 bits per heavy atom. The Hall–Kier alpha value is -2.86. The van der Waals surface area contributed by atoms with E-state index in [9.17, 15) is 14.3 Å². The number of hydrogen-bond donors (Lipinski definition) is 2. The van der Waals surface area contributed by atoms with Crippen LogP contribution in [0.3, 0.4) is 0 Å². The number of unbranched alkanes of at least 4 members (excludes halogenated alkanes) is 2. The highest BCUT2D eigenvalue weighted by Gasteiger charge is 2.43. The first kappa shape index (κ1) is 19.5. The van der Waals surface area contributed by atoms with Gasteiger partial charge in [0.05, 0.1) is 6.04 Å². The summed E-state index contributed by atoms with van der Waals surface area (Å²) in [4.78, 5) is 14.8. The van der Waals surface area contributed by atoms with Gasteiger partial charge in [-0.25, -0.2) is 4.39 Å². The SMILES string of the molecule is CCCCCN1C(=O)c2[nH]nc(-c3cc(Cl)ccc3O)c2C1c1ccccc1F. The number of nitrogens with zero attached hydrogens (tertiary/aromatic N) is 2. The number of halogens is 2. The molecule has 0 spiro atoms. The fourth-order valence-electron chi connectivity index (χ4n) is 3.88. The van der Waals surface area contributed by atoms with Gasteiger partial charge in [0.15, 0.2) is 0 Å². The minimum absolute atomic E-state index is 0.00661. The Kier molecular flexibility index (Phi) is 5.28. The molecule has 2 heterocycles. The average Bonchev–Trinajstić information content (AvgIpc) is 3.24. The third-order valence-electron chi connectivity index (χ3n) is 5.28. The van der Waals surface area contributed by atoms with Gasteiger partial charge in [0.25, 0.3) is 5.91 Å². The van der Waals surface area contributed by atoms with Crippen LogP contribution in [0.4, 0.5) is 4.39 Å². The lowest BCUT2D eigenvalue weighted by molar-refractivity contribution is 0.0739. The minimum atomic E-state index is -0.623. The van der Waals surface area contributed by atoms with Crippen molar-refractivity contribution in [2.45, 2.75) is 32.2 Å². The molecule has 0 bridgehead atoms. The molecular formula is C22H21ClFN3O2. The van der Waals surface area contributed by atoms with Gasteiger partial charge in [-0.3, -0.25) is 9.89 Å². The van der Waals surface area contributed by atoms with Crippen molar-refractivity contribution < 1.29 is 14.3 Å². The predicted molar refractivity (Wildman–Crippen MR) is 110 cm³/mol. The molecule has 0 saturated carbocycles. The molecule has 0 fully saturated rings. The van der Waals surface area contributed by atoms with E-state index in [1.807, 2.05) is 0 Å². The fraction of sp³-hybridized carbons (Fsp3) is 0.273. The lowest BCUT2D eigenvalue weighted by Crippen LogP contribution is -2.31. The Bertz CT molecular complexity index is 1070. The molecule has 1 aliphatic rings. The monoisotopic (exact) mass is 413 g/mol. The molecule has 2 N–H and O–H groups in total. The summed E-state index contributed by atoms with van der Waals surface area (Å²) in [5.41, 5.74) is 2.10. The second-order valence-corrected chi connectivity index (χ2v) is 7.59. The zero-order valence-electron chi connectivity index (χ0n) is 16.0. The maximum Gasteiger partial charge on any atom is 0.273 e. The van der Waals surface area contributed by atoms with Crippen molar-refractivity contribution >= 4 is 17.5 Å². The first-order valence-electron chi connectivity index (χ1n) is 9.65. The average molecular weight is 414 g/mol. The molecule has 5 nitrogen and oxygen atoms in total. The molecule has 4 rings (SSSR count). The van der Waals surface area contributed by atoms with Crippen molar-refractivity contribution in [2.24, 2.45) is 0 Å². The molecule has 0 aliphatic carbocycles. The van der Waals surface area contributed by atoms with Gasteiger partial charge in [-0.05, 0) is 30.7 Å². The second kappa shape index (κ2) is 7.87. The van der Waals surface area contributed by atoms with Crippen molar-refractivity contribution in [1.82, 2.24) is 15.1 Å².